The van der Waals surface area contributed by atoms with Gasteiger partial charge in [-0.3, -0.25) is 0 Å². The Bertz CT molecular complexity index is 1420. The summed E-state index contributed by atoms with van der Waals surface area (Å²) in [5.41, 5.74) is 6.30. The van der Waals surface area contributed by atoms with Crippen LogP contribution < -0.4 is 5.32 Å². The van der Waals surface area contributed by atoms with E-state index in [-0.39, 0.29) is 5.69 Å². The maximum absolute atomic E-state index is 12.6. The Hall–Kier alpha value is -3.49. The third-order valence-electron chi connectivity index (χ3n) is 6.64. The van der Waals surface area contributed by atoms with Crippen molar-refractivity contribution in [1.82, 2.24) is 14.5 Å². The van der Waals surface area contributed by atoms with Crippen molar-refractivity contribution in [3.8, 4) is 11.1 Å². The molecule has 4 rings (SSSR count). The topological polar surface area (TPSA) is 78.3 Å². The Morgan fingerprint density at radius 1 is 1.08 bits per heavy atom. The lowest BCUT2D eigenvalue weighted by molar-refractivity contribution is 0.0594. The van der Waals surface area contributed by atoms with E-state index in [9.17, 15) is 4.79 Å². The van der Waals surface area contributed by atoms with Crippen LogP contribution in [-0.2, 0) is 16.2 Å². The van der Waals surface area contributed by atoms with Gasteiger partial charge < -0.3 is 19.4 Å². The van der Waals surface area contributed by atoms with Gasteiger partial charge in [-0.2, -0.15) is 0 Å². The molecule has 0 saturated heterocycles. The number of aromatic nitrogens is 3. The van der Waals surface area contributed by atoms with E-state index >= 15 is 0 Å². The van der Waals surface area contributed by atoms with Gasteiger partial charge in [-0.25, -0.2) is 14.8 Å². The molecule has 38 heavy (non-hydrogen) atoms. The number of rotatable bonds is 10. The van der Waals surface area contributed by atoms with Gasteiger partial charge in [-0.05, 0) is 54.3 Å². The maximum Gasteiger partial charge on any atom is 0.358 e. The molecule has 200 valence electrons. The van der Waals surface area contributed by atoms with Crippen LogP contribution in [0.3, 0.4) is 0 Å². The molecule has 0 saturated carbocycles. The predicted octanol–water partition coefficient (Wildman–Crippen LogP) is 7.37. The number of ether oxygens (including phenoxy) is 2. The van der Waals surface area contributed by atoms with Crippen LogP contribution in [0, 0.1) is 6.92 Å². The summed E-state index contributed by atoms with van der Waals surface area (Å²) in [6.45, 7) is 14.4. The van der Waals surface area contributed by atoms with Crippen molar-refractivity contribution in [2.75, 3.05) is 19.0 Å². The number of nitrogens with zero attached hydrogens (tertiary/aromatic N) is 3. The second kappa shape index (κ2) is 11.5. The first-order valence-electron chi connectivity index (χ1n) is 13.1. The molecule has 8 heteroatoms. The summed E-state index contributed by atoms with van der Waals surface area (Å²) in [5.74, 6) is 0.798. The molecule has 3 heterocycles. The van der Waals surface area contributed by atoms with Crippen molar-refractivity contribution in [2.24, 2.45) is 0 Å². The van der Waals surface area contributed by atoms with Crippen LogP contribution in [0.15, 0.2) is 55.0 Å². The van der Waals surface area contributed by atoms with E-state index < -0.39 is 14.0 Å². The molecule has 0 amide bonds. The summed E-state index contributed by atoms with van der Waals surface area (Å²) in [5, 5.41) is 4.31. The number of fused-ring (bicyclic) bond motifs is 1. The lowest BCUT2D eigenvalue weighted by Gasteiger charge is -2.16. The Kier molecular flexibility index (Phi) is 8.33. The Morgan fingerprint density at radius 3 is 2.45 bits per heavy atom. The van der Waals surface area contributed by atoms with Gasteiger partial charge in [-0.15, -0.1) is 0 Å². The summed E-state index contributed by atoms with van der Waals surface area (Å²) < 4.78 is 13.0. The van der Waals surface area contributed by atoms with Gasteiger partial charge in [0.1, 0.15) is 12.5 Å². The Morgan fingerprint density at radius 2 is 1.82 bits per heavy atom. The molecule has 0 aliphatic rings. The van der Waals surface area contributed by atoms with Gasteiger partial charge in [0.15, 0.2) is 5.69 Å². The van der Waals surface area contributed by atoms with Crippen molar-refractivity contribution in [3.63, 3.8) is 0 Å². The highest BCUT2D eigenvalue weighted by Gasteiger charge is 2.21. The van der Waals surface area contributed by atoms with Crippen LogP contribution in [0.5, 0.6) is 0 Å². The van der Waals surface area contributed by atoms with Crippen LogP contribution >= 0.6 is 0 Å². The van der Waals surface area contributed by atoms with Crippen molar-refractivity contribution >= 4 is 36.5 Å². The largest absolute Gasteiger partial charge is 0.464 e. The lowest BCUT2D eigenvalue weighted by atomic mass is 10.0. The fourth-order valence-corrected chi connectivity index (χ4v) is 5.12. The normalized spacial score (nSPS) is 11.8. The molecule has 7 nitrogen and oxygen atoms in total. The third-order valence-corrected chi connectivity index (χ3v) is 8.35. The zero-order valence-corrected chi connectivity index (χ0v) is 24.5. The van der Waals surface area contributed by atoms with Crippen LogP contribution in [0.2, 0.25) is 25.7 Å². The van der Waals surface area contributed by atoms with Gasteiger partial charge in [0.05, 0.1) is 12.6 Å². The number of esters is 1. The van der Waals surface area contributed by atoms with Gasteiger partial charge in [-0.1, -0.05) is 45.6 Å². The number of carbonyl (C=O) groups excluding carboxylic acids is 1. The minimum absolute atomic E-state index is 0.277. The van der Waals surface area contributed by atoms with Crippen molar-refractivity contribution < 1.29 is 14.3 Å². The highest BCUT2D eigenvalue weighted by molar-refractivity contribution is 6.76. The lowest BCUT2D eigenvalue weighted by Crippen LogP contribution is -2.22. The minimum Gasteiger partial charge on any atom is -0.464 e. The number of anilines is 2. The van der Waals surface area contributed by atoms with Crippen LogP contribution in [-0.4, -0.2) is 42.3 Å². The smallest absolute Gasteiger partial charge is 0.358 e. The summed E-state index contributed by atoms with van der Waals surface area (Å²) in [6.07, 6.45) is 5.55. The number of hydrogen-bond acceptors (Lipinski definition) is 6. The Labute approximate surface area is 226 Å². The molecule has 0 bridgehead atoms. The van der Waals surface area contributed by atoms with Gasteiger partial charge >= 0.3 is 5.97 Å². The van der Waals surface area contributed by atoms with Gasteiger partial charge in [0, 0.05) is 55.5 Å². The average Bonchev–Trinajstić information content (AvgIpc) is 3.24. The number of nitrogens with one attached hydrogen (secondary N) is 1. The third kappa shape index (κ3) is 6.31. The van der Waals surface area contributed by atoms with Gasteiger partial charge in [0.2, 0.25) is 0 Å². The molecule has 0 aliphatic heterocycles. The predicted molar refractivity (Wildman–Crippen MR) is 157 cm³/mol. The molecule has 0 unspecified atom stereocenters. The number of methoxy groups -OCH3 is 1. The number of pyridine rings is 2. The number of aryl methyl sites for hydroxylation is 1. The van der Waals surface area contributed by atoms with Gasteiger partial charge in [0.25, 0.3) is 0 Å². The molecule has 0 radical (unpaired) electrons. The summed E-state index contributed by atoms with van der Waals surface area (Å²) >= 11 is 0. The first-order chi connectivity index (χ1) is 18.1. The average molecular weight is 531 g/mol. The van der Waals surface area contributed by atoms with E-state index in [4.69, 9.17) is 14.5 Å². The summed E-state index contributed by atoms with van der Waals surface area (Å²) in [7, 11) is 0.157. The van der Waals surface area contributed by atoms with E-state index in [1.807, 2.05) is 29.1 Å². The van der Waals surface area contributed by atoms with E-state index in [0.717, 1.165) is 39.6 Å². The van der Waals surface area contributed by atoms with Crippen LogP contribution in [0.25, 0.3) is 22.0 Å². The molecule has 0 fully saturated rings. The molecule has 0 atom stereocenters. The maximum atomic E-state index is 12.6. The second-order valence-corrected chi connectivity index (χ2v) is 16.8. The zero-order chi connectivity index (χ0) is 27.4. The first kappa shape index (κ1) is 27.5. The molecule has 4 aromatic rings. The molecular weight excluding hydrogens is 492 g/mol. The highest BCUT2D eigenvalue weighted by atomic mass is 28.3. The number of carbonyl (C=O) groups is 1. The second-order valence-electron chi connectivity index (χ2n) is 11.2. The minimum atomic E-state index is -1.22. The van der Waals surface area contributed by atoms with Crippen molar-refractivity contribution in [3.05, 3.63) is 71.8 Å². The monoisotopic (exact) mass is 530 g/mol. The first-order valence-corrected chi connectivity index (χ1v) is 16.8. The molecule has 1 aromatic carbocycles. The van der Waals surface area contributed by atoms with Crippen molar-refractivity contribution in [1.29, 1.82) is 0 Å². The molecule has 0 spiro atoms. The fraction of sp³-hybridized carbons (Fsp3) is 0.367. The SMILES string of the molecule is COC(=O)c1nccc2c(-c3cnc(Nc4ccc(C(C)C)cc4)cc3C)cn(COCC[Si](C)(C)C)c12. The standard InChI is InChI=1S/C30H38N4O3Si/c1-20(2)22-8-10-23(11-9-22)33-27-16-21(3)25(17-32-27)26-18-34(19-37-14-15-38(5,6)7)29-24(26)12-13-31-28(29)30(35)36-4/h8-13,16-18,20H,14-15,19H2,1-7H3,(H,32,33). The number of benzene rings is 1. The van der Waals surface area contributed by atoms with E-state index in [1.54, 1.807) is 6.20 Å². The highest BCUT2D eigenvalue weighted by Crippen LogP contribution is 2.35. The molecule has 0 aliphatic carbocycles. The van der Waals surface area contributed by atoms with E-state index in [1.165, 1.54) is 12.7 Å². The molecule has 3 aromatic heterocycles. The fourth-order valence-electron chi connectivity index (χ4n) is 4.36. The van der Waals surface area contributed by atoms with E-state index in [2.05, 4.69) is 75.0 Å². The zero-order valence-electron chi connectivity index (χ0n) is 23.5. The quantitative estimate of drug-likeness (QED) is 0.131. The Balaban J connectivity index is 1.67. The van der Waals surface area contributed by atoms with E-state index in [0.29, 0.717) is 24.8 Å². The van der Waals surface area contributed by atoms with Crippen LogP contribution in [0.4, 0.5) is 11.5 Å². The van der Waals surface area contributed by atoms with Crippen LogP contribution in [0.1, 0.15) is 41.4 Å². The van der Waals surface area contributed by atoms with Crippen molar-refractivity contribution in [2.45, 2.75) is 59.1 Å². The molecular formula is C30H38N4O3Si. The number of hydrogen-bond donors (Lipinski definition) is 1. The summed E-state index contributed by atoms with van der Waals surface area (Å²) in [6, 6.07) is 13.5. The molecule has 1 N–H and O–H groups in total. The summed E-state index contributed by atoms with van der Waals surface area (Å²) in [4.78, 5) is 21.6.